The number of aromatic nitrogens is 1. The van der Waals surface area contributed by atoms with Crippen molar-refractivity contribution in [1.82, 2.24) is 20.1 Å². The highest BCUT2D eigenvalue weighted by Crippen LogP contribution is 2.20. The number of aryl methyl sites for hydroxylation is 1. The van der Waals surface area contributed by atoms with Crippen molar-refractivity contribution in [3.8, 4) is 11.5 Å². The molecule has 0 amide bonds. The standard InChI is InChI=1S/C22H33N5O/c1-5-23-22(27-13-12-20(15-27)26(6-2)7-3)24-14-19-16-28-21(25-19)18-10-8-17(4)9-11-18/h8-11,16,20H,5-7,12-15H2,1-4H3,(H,23,24). The Morgan fingerprint density at radius 3 is 2.68 bits per heavy atom. The molecule has 1 fully saturated rings. The van der Waals surface area contributed by atoms with Gasteiger partial charge in [-0.3, -0.25) is 4.90 Å². The highest BCUT2D eigenvalue weighted by atomic mass is 16.3. The molecule has 0 spiro atoms. The summed E-state index contributed by atoms with van der Waals surface area (Å²) in [6, 6.07) is 8.82. The summed E-state index contributed by atoms with van der Waals surface area (Å²) in [5.74, 6) is 1.62. The molecule has 2 heterocycles. The van der Waals surface area contributed by atoms with Crippen molar-refractivity contribution in [2.24, 2.45) is 4.99 Å². The van der Waals surface area contributed by atoms with Gasteiger partial charge in [0.2, 0.25) is 5.89 Å². The van der Waals surface area contributed by atoms with Crippen LogP contribution in [0.15, 0.2) is 39.9 Å². The molecule has 1 saturated heterocycles. The predicted molar refractivity (Wildman–Crippen MR) is 114 cm³/mol. The number of likely N-dealkylation sites (tertiary alicyclic amines) is 1. The molecule has 6 nitrogen and oxygen atoms in total. The SMILES string of the molecule is CCNC(=NCc1coc(-c2ccc(C)cc2)n1)N1CCC(N(CC)CC)C1. The quantitative estimate of drug-likeness (QED) is 0.585. The molecule has 2 aromatic rings. The lowest BCUT2D eigenvalue weighted by molar-refractivity contribution is 0.223. The molecule has 152 valence electrons. The molecule has 0 radical (unpaired) electrons. The molecule has 3 rings (SSSR count). The molecule has 6 heteroatoms. The molecule has 28 heavy (non-hydrogen) atoms. The maximum Gasteiger partial charge on any atom is 0.226 e. The Hall–Kier alpha value is -2.34. The minimum absolute atomic E-state index is 0.518. The zero-order valence-electron chi connectivity index (χ0n) is 17.6. The van der Waals surface area contributed by atoms with Gasteiger partial charge < -0.3 is 14.6 Å². The number of nitrogens with zero attached hydrogens (tertiary/aromatic N) is 4. The van der Waals surface area contributed by atoms with E-state index < -0.39 is 0 Å². The zero-order valence-corrected chi connectivity index (χ0v) is 17.6. The topological polar surface area (TPSA) is 56.9 Å². The largest absolute Gasteiger partial charge is 0.444 e. The Labute approximate surface area is 168 Å². The van der Waals surface area contributed by atoms with E-state index in [1.807, 2.05) is 12.1 Å². The van der Waals surface area contributed by atoms with E-state index in [1.54, 1.807) is 6.26 Å². The van der Waals surface area contributed by atoms with E-state index in [-0.39, 0.29) is 0 Å². The summed E-state index contributed by atoms with van der Waals surface area (Å²) in [6.45, 7) is 14.3. The fraction of sp³-hybridized carbons (Fsp3) is 0.545. The third-order valence-electron chi connectivity index (χ3n) is 5.37. The summed E-state index contributed by atoms with van der Waals surface area (Å²) in [4.78, 5) is 14.3. The molecule has 0 aliphatic carbocycles. The van der Waals surface area contributed by atoms with Crippen molar-refractivity contribution < 1.29 is 4.42 Å². The number of hydrogen-bond acceptors (Lipinski definition) is 4. The predicted octanol–water partition coefficient (Wildman–Crippen LogP) is 3.53. The summed E-state index contributed by atoms with van der Waals surface area (Å²) in [5, 5.41) is 3.43. The highest BCUT2D eigenvalue weighted by Gasteiger charge is 2.28. The van der Waals surface area contributed by atoms with Crippen LogP contribution in [0.1, 0.15) is 38.4 Å². The van der Waals surface area contributed by atoms with Gasteiger partial charge in [0.25, 0.3) is 0 Å². The van der Waals surface area contributed by atoms with Gasteiger partial charge >= 0.3 is 0 Å². The van der Waals surface area contributed by atoms with E-state index in [4.69, 9.17) is 9.41 Å². The van der Waals surface area contributed by atoms with Gasteiger partial charge in [0, 0.05) is 31.2 Å². The molecule has 1 aromatic heterocycles. The normalized spacial score (nSPS) is 17.5. The summed E-state index contributed by atoms with van der Waals surface area (Å²) in [7, 11) is 0. The minimum atomic E-state index is 0.518. The molecule has 0 bridgehead atoms. The van der Waals surface area contributed by atoms with Gasteiger partial charge in [-0.25, -0.2) is 9.98 Å². The van der Waals surface area contributed by atoms with E-state index in [1.165, 1.54) is 12.0 Å². The van der Waals surface area contributed by atoms with Crippen LogP contribution in [-0.4, -0.2) is 59.5 Å². The third-order valence-corrected chi connectivity index (χ3v) is 5.37. The lowest BCUT2D eigenvalue weighted by Gasteiger charge is -2.27. The number of rotatable bonds is 7. The van der Waals surface area contributed by atoms with E-state index in [0.717, 1.165) is 49.9 Å². The van der Waals surface area contributed by atoms with Crippen LogP contribution in [0.25, 0.3) is 11.5 Å². The first-order valence-electron chi connectivity index (χ1n) is 10.4. The van der Waals surface area contributed by atoms with Gasteiger partial charge in [0.15, 0.2) is 5.96 Å². The van der Waals surface area contributed by atoms with Crippen molar-refractivity contribution >= 4 is 5.96 Å². The lowest BCUT2D eigenvalue weighted by atomic mass is 10.1. The number of nitrogens with one attached hydrogen (secondary N) is 1. The number of aliphatic imine (C=N–C) groups is 1. The smallest absolute Gasteiger partial charge is 0.226 e. The van der Waals surface area contributed by atoms with Crippen molar-refractivity contribution in [3.05, 3.63) is 41.8 Å². The number of oxazole rings is 1. The van der Waals surface area contributed by atoms with Crippen LogP contribution in [0.3, 0.4) is 0 Å². The van der Waals surface area contributed by atoms with Crippen LogP contribution < -0.4 is 5.32 Å². The molecular formula is C22H33N5O. The minimum Gasteiger partial charge on any atom is -0.444 e. The first-order chi connectivity index (χ1) is 13.6. The van der Waals surface area contributed by atoms with Gasteiger partial charge in [-0.05, 0) is 45.5 Å². The fourth-order valence-corrected chi connectivity index (χ4v) is 3.76. The maximum atomic E-state index is 5.66. The van der Waals surface area contributed by atoms with Crippen LogP contribution in [0.2, 0.25) is 0 Å². The summed E-state index contributed by atoms with van der Waals surface area (Å²) in [6.07, 6.45) is 2.90. The molecular weight excluding hydrogens is 350 g/mol. The Morgan fingerprint density at radius 2 is 2.00 bits per heavy atom. The Bertz CT molecular complexity index is 763. The highest BCUT2D eigenvalue weighted by molar-refractivity contribution is 5.80. The molecule has 0 saturated carbocycles. The Balaban J connectivity index is 1.66. The molecule has 1 aromatic carbocycles. The second kappa shape index (κ2) is 9.73. The summed E-state index contributed by atoms with van der Waals surface area (Å²) >= 11 is 0. The molecule has 1 N–H and O–H groups in total. The third kappa shape index (κ3) is 4.93. The van der Waals surface area contributed by atoms with Crippen LogP contribution in [-0.2, 0) is 6.54 Å². The Kier molecular flexibility index (Phi) is 7.09. The van der Waals surface area contributed by atoms with Crippen molar-refractivity contribution in [2.45, 2.75) is 46.7 Å². The van der Waals surface area contributed by atoms with E-state index in [9.17, 15) is 0 Å². The fourth-order valence-electron chi connectivity index (χ4n) is 3.76. The maximum absolute atomic E-state index is 5.66. The van der Waals surface area contributed by atoms with E-state index in [0.29, 0.717) is 18.5 Å². The van der Waals surface area contributed by atoms with Crippen molar-refractivity contribution in [2.75, 3.05) is 32.7 Å². The second-order valence-electron chi connectivity index (χ2n) is 7.29. The number of likely N-dealkylation sites (N-methyl/N-ethyl adjacent to an activating group) is 1. The van der Waals surface area contributed by atoms with Crippen LogP contribution in [0.4, 0.5) is 0 Å². The number of benzene rings is 1. The average molecular weight is 384 g/mol. The lowest BCUT2D eigenvalue weighted by Crippen LogP contribution is -2.43. The van der Waals surface area contributed by atoms with Gasteiger partial charge in [-0.2, -0.15) is 0 Å². The first-order valence-corrected chi connectivity index (χ1v) is 10.4. The summed E-state index contributed by atoms with van der Waals surface area (Å²) in [5.41, 5.74) is 3.07. The van der Waals surface area contributed by atoms with Crippen LogP contribution >= 0.6 is 0 Å². The monoisotopic (exact) mass is 383 g/mol. The molecule has 1 aliphatic heterocycles. The second-order valence-corrected chi connectivity index (χ2v) is 7.29. The Morgan fingerprint density at radius 1 is 1.25 bits per heavy atom. The average Bonchev–Trinajstić information content (AvgIpc) is 3.37. The molecule has 1 unspecified atom stereocenters. The zero-order chi connectivity index (χ0) is 19.9. The van der Waals surface area contributed by atoms with Gasteiger partial charge in [0.1, 0.15) is 12.0 Å². The van der Waals surface area contributed by atoms with Crippen LogP contribution in [0, 0.1) is 6.92 Å². The number of hydrogen-bond donors (Lipinski definition) is 1. The van der Waals surface area contributed by atoms with Crippen LogP contribution in [0.5, 0.6) is 0 Å². The molecule has 1 atom stereocenters. The van der Waals surface area contributed by atoms with Gasteiger partial charge in [-0.15, -0.1) is 0 Å². The van der Waals surface area contributed by atoms with Gasteiger partial charge in [0.05, 0.1) is 6.54 Å². The summed E-state index contributed by atoms with van der Waals surface area (Å²) < 4.78 is 5.66. The molecule has 1 aliphatic rings. The van der Waals surface area contributed by atoms with Gasteiger partial charge in [-0.1, -0.05) is 31.5 Å². The van der Waals surface area contributed by atoms with E-state index in [2.05, 4.69) is 59.9 Å². The number of guanidine groups is 1. The van der Waals surface area contributed by atoms with E-state index >= 15 is 0 Å². The van der Waals surface area contributed by atoms with Crippen molar-refractivity contribution in [3.63, 3.8) is 0 Å². The van der Waals surface area contributed by atoms with Crippen molar-refractivity contribution in [1.29, 1.82) is 0 Å². The first kappa shape index (κ1) is 20.4.